The quantitative estimate of drug-likeness (QED) is 0.741. The first-order valence-corrected chi connectivity index (χ1v) is 9.30. The fourth-order valence-corrected chi connectivity index (χ4v) is 3.94. The van der Waals surface area contributed by atoms with Gasteiger partial charge in [-0.2, -0.15) is 0 Å². The molecular weight excluding hydrogens is 390 g/mol. The van der Waals surface area contributed by atoms with Gasteiger partial charge >= 0.3 is 12.3 Å². The van der Waals surface area contributed by atoms with Crippen LogP contribution in [0.3, 0.4) is 0 Å². The third kappa shape index (κ3) is 4.53. The van der Waals surface area contributed by atoms with Crippen molar-refractivity contribution in [1.29, 1.82) is 0 Å². The number of hydrogen-bond donors (Lipinski definition) is 1. The standard InChI is InChI=1S/C21H19F4NO3/c22-19-4-3-16(29-21(23,24)25)8-15(19)11-26-6-5-12-7-13(1-2-14(12)10-26)17-9-18(17)20(27)28/h1-4,7-8,17-18H,5-6,9-11H2,(H,27,28)/t17-,18+/m1/s1. The molecule has 29 heavy (non-hydrogen) atoms. The van der Waals surface area contributed by atoms with Crippen molar-refractivity contribution >= 4 is 5.97 Å². The third-order valence-electron chi connectivity index (χ3n) is 5.50. The van der Waals surface area contributed by atoms with Crippen LogP contribution >= 0.6 is 0 Å². The molecule has 2 atom stereocenters. The Labute approximate surface area is 164 Å². The van der Waals surface area contributed by atoms with Crippen LogP contribution in [0, 0.1) is 11.7 Å². The fraction of sp³-hybridized carbons (Fsp3) is 0.381. The number of ether oxygens (including phenoxy) is 1. The molecule has 1 saturated carbocycles. The van der Waals surface area contributed by atoms with E-state index >= 15 is 0 Å². The number of aliphatic carboxylic acids is 1. The molecule has 1 aliphatic carbocycles. The van der Waals surface area contributed by atoms with E-state index < -0.39 is 23.9 Å². The number of fused-ring (bicyclic) bond motifs is 1. The lowest BCUT2D eigenvalue weighted by atomic mass is 9.95. The maximum atomic E-state index is 14.1. The van der Waals surface area contributed by atoms with Gasteiger partial charge in [0, 0.05) is 25.2 Å². The van der Waals surface area contributed by atoms with E-state index in [0.717, 1.165) is 34.9 Å². The number of rotatable bonds is 5. The van der Waals surface area contributed by atoms with E-state index in [1.807, 2.05) is 17.0 Å². The minimum Gasteiger partial charge on any atom is -0.481 e. The van der Waals surface area contributed by atoms with E-state index in [0.29, 0.717) is 25.9 Å². The van der Waals surface area contributed by atoms with E-state index in [1.54, 1.807) is 0 Å². The Kier molecular flexibility index (Phi) is 4.98. The van der Waals surface area contributed by atoms with Crippen molar-refractivity contribution in [1.82, 2.24) is 4.90 Å². The van der Waals surface area contributed by atoms with Gasteiger partial charge in [-0.1, -0.05) is 18.2 Å². The molecule has 1 heterocycles. The van der Waals surface area contributed by atoms with Gasteiger partial charge in [0.2, 0.25) is 0 Å². The first-order chi connectivity index (χ1) is 13.7. The van der Waals surface area contributed by atoms with Crippen molar-refractivity contribution in [2.45, 2.75) is 38.2 Å². The molecule has 4 rings (SSSR count). The average Bonchev–Trinajstić information content (AvgIpc) is 3.44. The summed E-state index contributed by atoms with van der Waals surface area (Å²) in [7, 11) is 0. The molecule has 4 nitrogen and oxygen atoms in total. The van der Waals surface area contributed by atoms with E-state index in [1.165, 1.54) is 0 Å². The first kappa shape index (κ1) is 19.7. The lowest BCUT2D eigenvalue weighted by Crippen LogP contribution is -2.30. The Hall–Kier alpha value is -2.61. The second kappa shape index (κ2) is 7.33. The van der Waals surface area contributed by atoms with Crippen LogP contribution in [0.2, 0.25) is 0 Å². The molecule has 0 unspecified atom stereocenters. The van der Waals surface area contributed by atoms with Gasteiger partial charge in [-0.05, 0) is 53.6 Å². The Bertz CT molecular complexity index is 944. The van der Waals surface area contributed by atoms with Crippen molar-refractivity contribution < 1.29 is 32.2 Å². The second-order valence-corrected chi connectivity index (χ2v) is 7.58. The topological polar surface area (TPSA) is 49.8 Å². The number of carboxylic acids is 1. The van der Waals surface area contributed by atoms with Crippen LogP contribution in [0.1, 0.15) is 34.6 Å². The number of hydrogen-bond acceptors (Lipinski definition) is 3. The third-order valence-corrected chi connectivity index (χ3v) is 5.50. The Balaban J connectivity index is 1.44. The minimum atomic E-state index is -4.82. The molecular formula is C21H19F4NO3. The molecule has 1 fully saturated rings. The lowest BCUT2D eigenvalue weighted by Gasteiger charge is -2.29. The highest BCUT2D eigenvalue weighted by Crippen LogP contribution is 2.48. The summed E-state index contributed by atoms with van der Waals surface area (Å²) >= 11 is 0. The van der Waals surface area contributed by atoms with Crippen molar-refractivity contribution in [3.63, 3.8) is 0 Å². The highest BCUT2D eigenvalue weighted by atomic mass is 19.4. The van der Waals surface area contributed by atoms with Crippen LogP contribution in [-0.4, -0.2) is 28.9 Å². The lowest BCUT2D eigenvalue weighted by molar-refractivity contribution is -0.274. The van der Waals surface area contributed by atoms with Crippen LogP contribution in [0.5, 0.6) is 5.75 Å². The molecule has 0 amide bonds. The predicted molar refractivity (Wildman–Crippen MR) is 95.8 cm³/mol. The van der Waals surface area contributed by atoms with Gasteiger partial charge in [-0.3, -0.25) is 9.69 Å². The minimum absolute atomic E-state index is 0.0706. The summed E-state index contributed by atoms with van der Waals surface area (Å²) in [5.41, 5.74) is 3.39. The summed E-state index contributed by atoms with van der Waals surface area (Å²) in [4.78, 5) is 13.0. The zero-order chi connectivity index (χ0) is 20.8. The summed E-state index contributed by atoms with van der Waals surface area (Å²) in [5.74, 6) is -2.01. The number of benzene rings is 2. The van der Waals surface area contributed by atoms with Gasteiger partial charge in [0.05, 0.1) is 5.92 Å². The highest BCUT2D eigenvalue weighted by molar-refractivity contribution is 5.75. The fourth-order valence-electron chi connectivity index (χ4n) is 3.94. The monoisotopic (exact) mass is 409 g/mol. The number of carboxylic acid groups (broad SMARTS) is 1. The molecule has 0 radical (unpaired) electrons. The van der Waals surface area contributed by atoms with Gasteiger partial charge in [0.1, 0.15) is 11.6 Å². The Morgan fingerprint density at radius 3 is 2.66 bits per heavy atom. The summed E-state index contributed by atoms with van der Waals surface area (Å²) in [6, 6.07) is 8.98. The van der Waals surface area contributed by atoms with Crippen molar-refractivity contribution in [2.24, 2.45) is 5.92 Å². The number of alkyl halides is 3. The normalized spacial score (nSPS) is 21.5. The van der Waals surface area contributed by atoms with E-state index in [2.05, 4.69) is 10.8 Å². The SMILES string of the molecule is O=C(O)[C@H]1C[C@@H]1c1ccc2c(c1)CCN(Cc1cc(OC(F)(F)F)ccc1F)C2. The molecule has 2 aromatic rings. The molecule has 0 bridgehead atoms. The van der Waals surface area contributed by atoms with Gasteiger partial charge in [0.25, 0.3) is 0 Å². The predicted octanol–water partition coefficient (Wildman–Crippen LogP) is 4.47. The zero-order valence-electron chi connectivity index (χ0n) is 15.4. The molecule has 0 saturated heterocycles. The molecule has 1 aliphatic heterocycles. The first-order valence-electron chi connectivity index (χ1n) is 9.30. The van der Waals surface area contributed by atoms with Crippen molar-refractivity contribution in [2.75, 3.05) is 6.54 Å². The van der Waals surface area contributed by atoms with Crippen LogP contribution in [0.15, 0.2) is 36.4 Å². The van der Waals surface area contributed by atoms with Crippen molar-refractivity contribution in [3.8, 4) is 5.75 Å². The van der Waals surface area contributed by atoms with E-state index in [4.69, 9.17) is 5.11 Å². The maximum Gasteiger partial charge on any atom is 0.573 e. The number of nitrogens with zero attached hydrogens (tertiary/aromatic N) is 1. The van der Waals surface area contributed by atoms with Crippen LogP contribution in [0.4, 0.5) is 17.6 Å². The van der Waals surface area contributed by atoms with Gasteiger partial charge in [0.15, 0.2) is 0 Å². The molecule has 2 aliphatic rings. The number of carbonyl (C=O) groups is 1. The van der Waals surface area contributed by atoms with Crippen LogP contribution in [0.25, 0.3) is 0 Å². The molecule has 8 heteroatoms. The van der Waals surface area contributed by atoms with Gasteiger partial charge < -0.3 is 9.84 Å². The number of halogens is 4. The van der Waals surface area contributed by atoms with Gasteiger partial charge in [-0.15, -0.1) is 13.2 Å². The Morgan fingerprint density at radius 2 is 1.97 bits per heavy atom. The summed E-state index contributed by atoms with van der Waals surface area (Å²) < 4.78 is 55.2. The van der Waals surface area contributed by atoms with Crippen LogP contribution in [-0.2, 0) is 24.3 Å². The largest absolute Gasteiger partial charge is 0.573 e. The smallest absolute Gasteiger partial charge is 0.481 e. The molecule has 1 N–H and O–H groups in total. The molecule has 2 aromatic carbocycles. The summed E-state index contributed by atoms with van der Waals surface area (Å²) in [5, 5.41) is 9.09. The summed E-state index contributed by atoms with van der Waals surface area (Å²) in [6.07, 6.45) is -3.44. The molecule has 0 aromatic heterocycles. The Morgan fingerprint density at radius 1 is 1.17 bits per heavy atom. The molecule has 0 spiro atoms. The van der Waals surface area contributed by atoms with Crippen LogP contribution < -0.4 is 4.74 Å². The second-order valence-electron chi connectivity index (χ2n) is 7.58. The highest BCUT2D eigenvalue weighted by Gasteiger charge is 2.44. The summed E-state index contributed by atoms with van der Waals surface area (Å²) in [6.45, 7) is 1.35. The van der Waals surface area contributed by atoms with Gasteiger partial charge in [-0.25, -0.2) is 4.39 Å². The molecule has 154 valence electrons. The van der Waals surface area contributed by atoms with E-state index in [-0.39, 0.29) is 23.9 Å². The average molecular weight is 409 g/mol. The zero-order valence-corrected chi connectivity index (χ0v) is 15.4. The maximum absolute atomic E-state index is 14.1. The van der Waals surface area contributed by atoms with Crippen molar-refractivity contribution in [3.05, 3.63) is 64.5 Å². The van der Waals surface area contributed by atoms with E-state index in [9.17, 15) is 22.4 Å².